The highest BCUT2D eigenvalue weighted by molar-refractivity contribution is 5.94. The molecule has 1 heterocycles. The number of benzene rings is 1. The Morgan fingerprint density at radius 2 is 2.44 bits per heavy atom. The van der Waals surface area contributed by atoms with Crippen molar-refractivity contribution in [2.75, 3.05) is 13.1 Å². The fraction of sp³-hybridized carbons (Fsp3) is 0.462. The Bertz CT molecular complexity index is 389. The van der Waals surface area contributed by atoms with E-state index in [0.29, 0.717) is 12.1 Å². The van der Waals surface area contributed by atoms with E-state index in [2.05, 4.69) is 6.07 Å². The Morgan fingerprint density at radius 1 is 1.62 bits per heavy atom. The van der Waals surface area contributed by atoms with Gasteiger partial charge in [0.2, 0.25) is 0 Å². The van der Waals surface area contributed by atoms with Gasteiger partial charge in [-0.05, 0) is 31.9 Å². The zero-order valence-corrected chi connectivity index (χ0v) is 9.57. The smallest absolute Gasteiger partial charge is 0.254 e. The Hall–Kier alpha value is -1.35. The highest BCUT2D eigenvalue weighted by atomic mass is 16.2. The average molecular weight is 217 g/mol. The van der Waals surface area contributed by atoms with Gasteiger partial charge >= 0.3 is 0 Å². The molecule has 1 aliphatic rings. The minimum Gasteiger partial charge on any atom is -0.337 e. The first-order valence-electron chi connectivity index (χ1n) is 5.70. The maximum atomic E-state index is 12.1. The van der Waals surface area contributed by atoms with Crippen LogP contribution in [0.3, 0.4) is 0 Å². The monoisotopic (exact) mass is 217 g/mol. The normalized spacial score (nSPS) is 20.9. The average Bonchev–Trinajstić information content (AvgIpc) is 2.28. The van der Waals surface area contributed by atoms with E-state index in [9.17, 15) is 4.79 Å². The van der Waals surface area contributed by atoms with Gasteiger partial charge in [-0.15, -0.1) is 0 Å². The van der Waals surface area contributed by atoms with E-state index in [1.54, 1.807) is 6.07 Å². The molecule has 3 heteroatoms. The number of carbonyl (C=O) groups excluding carboxylic acids is 1. The van der Waals surface area contributed by atoms with E-state index in [-0.39, 0.29) is 11.9 Å². The van der Waals surface area contributed by atoms with Crippen LogP contribution in [-0.2, 0) is 0 Å². The third kappa shape index (κ3) is 2.42. The molecule has 0 saturated carbocycles. The summed E-state index contributed by atoms with van der Waals surface area (Å²) in [5, 5.41) is 0. The lowest BCUT2D eigenvalue weighted by atomic mass is 10.0. The van der Waals surface area contributed by atoms with E-state index in [0.717, 1.165) is 24.9 Å². The third-order valence-electron chi connectivity index (χ3n) is 2.93. The second-order valence-corrected chi connectivity index (χ2v) is 4.43. The largest absolute Gasteiger partial charge is 0.337 e. The number of amides is 1. The fourth-order valence-electron chi connectivity index (χ4n) is 2.07. The Morgan fingerprint density at radius 3 is 3.12 bits per heavy atom. The van der Waals surface area contributed by atoms with Crippen molar-refractivity contribution in [1.82, 2.24) is 4.90 Å². The first-order valence-corrected chi connectivity index (χ1v) is 5.70. The zero-order chi connectivity index (χ0) is 11.5. The summed E-state index contributed by atoms with van der Waals surface area (Å²) < 4.78 is 0. The lowest BCUT2D eigenvalue weighted by Gasteiger charge is -2.30. The summed E-state index contributed by atoms with van der Waals surface area (Å²) in [5.41, 5.74) is 7.60. The van der Waals surface area contributed by atoms with Crippen molar-refractivity contribution < 1.29 is 4.79 Å². The highest BCUT2D eigenvalue weighted by Gasteiger charge is 2.22. The van der Waals surface area contributed by atoms with Gasteiger partial charge in [-0.25, -0.2) is 0 Å². The van der Waals surface area contributed by atoms with Gasteiger partial charge in [0, 0.05) is 24.7 Å². The number of aryl methyl sites for hydroxylation is 1. The van der Waals surface area contributed by atoms with Crippen molar-refractivity contribution in [3.63, 3.8) is 0 Å². The minimum atomic E-state index is 0.0545. The van der Waals surface area contributed by atoms with Crippen LogP contribution in [0.25, 0.3) is 0 Å². The lowest BCUT2D eigenvalue weighted by molar-refractivity contribution is 0.0708. The van der Waals surface area contributed by atoms with E-state index in [1.807, 2.05) is 24.0 Å². The number of rotatable bonds is 1. The molecule has 2 rings (SSSR count). The molecule has 0 aliphatic carbocycles. The molecule has 85 valence electrons. The van der Waals surface area contributed by atoms with Crippen LogP contribution in [0.2, 0.25) is 0 Å². The molecule has 1 radical (unpaired) electrons. The molecule has 16 heavy (non-hydrogen) atoms. The molecule has 3 nitrogen and oxygen atoms in total. The van der Waals surface area contributed by atoms with Crippen LogP contribution in [0, 0.1) is 13.0 Å². The molecule has 1 aliphatic heterocycles. The first-order chi connectivity index (χ1) is 7.66. The first kappa shape index (κ1) is 11.1. The van der Waals surface area contributed by atoms with Crippen molar-refractivity contribution in [3.05, 3.63) is 35.4 Å². The minimum absolute atomic E-state index is 0.0545. The van der Waals surface area contributed by atoms with Crippen molar-refractivity contribution in [2.24, 2.45) is 5.73 Å². The quantitative estimate of drug-likeness (QED) is 0.772. The molecule has 1 fully saturated rings. The predicted octanol–water partition coefficient (Wildman–Crippen LogP) is 1.36. The molecule has 1 saturated heterocycles. The topological polar surface area (TPSA) is 46.3 Å². The molecule has 0 spiro atoms. The lowest BCUT2D eigenvalue weighted by Crippen LogP contribution is -2.45. The number of carbonyl (C=O) groups is 1. The standard InChI is InChI=1S/C13H17N2O/c1-10-4-2-5-11(8-10)13(16)15-7-3-6-12(14)9-15/h2,4,8,12H,3,6-7,9,14H2,1H3. The summed E-state index contributed by atoms with van der Waals surface area (Å²) in [4.78, 5) is 14.0. The number of hydrogen-bond donors (Lipinski definition) is 1. The molecular weight excluding hydrogens is 200 g/mol. The highest BCUT2D eigenvalue weighted by Crippen LogP contribution is 2.13. The Balaban J connectivity index is 2.12. The predicted molar refractivity (Wildman–Crippen MR) is 63.1 cm³/mol. The summed E-state index contributed by atoms with van der Waals surface area (Å²) in [7, 11) is 0. The van der Waals surface area contributed by atoms with E-state index in [1.165, 1.54) is 0 Å². The number of likely N-dealkylation sites (tertiary alicyclic amines) is 1. The second kappa shape index (κ2) is 4.66. The summed E-state index contributed by atoms with van der Waals surface area (Å²) in [5.74, 6) is 0.0545. The molecule has 1 amide bonds. The van der Waals surface area contributed by atoms with Crippen LogP contribution in [0.15, 0.2) is 18.2 Å². The van der Waals surface area contributed by atoms with Crippen LogP contribution in [0.1, 0.15) is 28.8 Å². The number of hydrogen-bond acceptors (Lipinski definition) is 2. The van der Waals surface area contributed by atoms with E-state index < -0.39 is 0 Å². The number of nitrogens with zero attached hydrogens (tertiary/aromatic N) is 1. The molecular formula is C13H17N2O. The maximum Gasteiger partial charge on any atom is 0.254 e. The van der Waals surface area contributed by atoms with Gasteiger partial charge in [0.1, 0.15) is 0 Å². The van der Waals surface area contributed by atoms with Gasteiger partial charge in [0.05, 0.1) is 0 Å². The van der Waals surface area contributed by atoms with E-state index in [4.69, 9.17) is 5.73 Å². The van der Waals surface area contributed by atoms with Gasteiger partial charge in [-0.1, -0.05) is 17.7 Å². The SMILES string of the molecule is Cc1cc[c]c(C(=O)N2CCCC(N)C2)c1. The molecule has 1 aromatic carbocycles. The third-order valence-corrected chi connectivity index (χ3v) is 2.93. The molecule has 1 atom stereocenters. The van der Waals surface area contributed by atoms with Crippen LogP contribution in [0.5, 0.6) is 0 Å². The number of nitrogens with two attached hydrogens (primary N) is 1. The second-order valence-electron chi connectivity index (χ2n) is 4.43. The number of piperidine rings is 1. The summed E-state index contributed by atoms with van der Waals surface area (Å²) >= 11 is 0. The van der Waals surface area contributed by atoms with Crippen LogP contribution in [-0.4, -0.2) is 29.9 Å². The Kier molecular flexibility index (Phi) is 3.25. The molecule has 1 aromatic rings. The zero-order valence-electron chi connectivity index (χ0n) is 9.57. The van der Waals surface area contributed by atoms with Gasteiger partial charge in [-0.3, -0.25) is 4.79 Å². The van der Waals surface area contributed by atoms with Gasteiger partial charge in [0.25, 0.3) is 5.91 Å². The molecule has 1 unspecified atom stereocenters. The van der Waals surface area contributed by atoms with Crippen LogP contribution < -0.4 is 5.73 Å². The summed E-state index contributed by atoms with van der Waals surface area (Å²) in [6.45, 7) is 3.46. The van der Waals surface area contributed by atoms with Crippen molar-refractivity contribution in [2.45, 2.75) is 25.8 Å². The summed E-state index contributed by atoms with van der Waals surface area (Å²) in [6.07, 6.45) is 2.01. The van der Waals surface area contributed by atoms with Crippen LogP contribution in [0.4, 0.5) is 0 Å². The van der Waals surface area contributed by atoms with Gasteiger partial charge in [-0.2, -0.15) is 0 Å². The summed E-state index contributed by atoms with van der Waals surface area (Å²) in [6, 6.07) is 8.74. The van der Waals surface area contributed by atoms with E-state index >= 15 is 0 Å². The molecule has 0 aromatic heterocycles. The Labute approximate surface area is 96.2 Å². The van der Waals surface area contributed by atoms with Crippen molar-refractivity contribution >= 4 is 5.91 Å². The fourth-order valence-corrected chi connectivity index (χ4v) is 2.07. The maximum absolute atomic E-state index is 12.1. The van der Waals surface area contributed by atoms with Crippen molar-refractivity contribution in [3.8, 4) is 0 Å². The van der Waals surface area contributed by atoms with Gasteiger partial charge in [0.15, 0.2) is 0 Å². The molecule has 2 N–H and O–H groups in total. The van der Waals surface area contributed by atoms with Crippen LogP contribution >= 0.6 is 0 Å². The van der Waals surface area contributed by atoms with Crippen molar-refractivity contribution in [1.29, 1.82) is 0 Å². The van der Waals surface area contributed by atoms with Gasteiger partial charge < -0.3 is 10.6 Å². The molecule has 0 bridgehead atoms.